The zero-order valence-electron chi connectivity index (χ0n) is 9.91. The molecule has 0 radical (unpaired) electrons. The number of rotatable bonds is 3. The summed E-state index contributed by atoms with van der Waals surface area (Å²) in [6, 6.07) is 8.51. The van der Waals surface area contributed by atoms with Crippen LogP contribution in [-0.4, -0.2) is 5.78 Å². The number of Topliss-reactive ketones (excluding diaryl/α,β-unsaturated/α-hetero) is 1. The lowest BCUT2D eigenvalue weighted by molar-refractivity contribution is 0.101. The molecule has 0 aromatic heterocycles. The predicted molar refractivity (Wildman–Crippen MR) is 70.6 cm³/mol. The molecule has 0 atom stereocenters. The van der Waals surface area contributed by atoms with Crippen LogP contribution < -0.4 is 4.74 Å². The maximum absolute atomic E-state index is 13.5. The fourth-order valence-electron chi connectivity index (χ4n) is 1.49. The Bertz CT molecular complexity index is 624. The summed E-state index contributed by atoms with van der Waals surface area (Å²) >= 11 is 3.06. The molecule has 19 heavy (non-hydrogen) atoms. The molecule has 0 heterocycles. The lowest BCUT2D eigenvalue weighted by Crippen LogP contribution is -1.94. The van der Waals surface area contributed by atoms with Gasteiger partial charge in [0.25, 0.3) is 0 Å². The van der Waals surface area contributed by atoms with Crippen molar-refractivity contribution in [3.63, 3.8) is 0 Å². The van der Waals surface area contributed by atoms with E-state index in [1.54, 1.807) is 12.1 Å². The molecule has 0 bridgehead atoms. The van der Waals surface area contributed by atoms with E-state index in [1.807, 2.05) is 0 Å². The van der Waals surface area contributed by atoms with Crippen LogP contribution in [0.25, 0.3) is 0 Å². The Labute approximate surface area is 117 Å². The predicted octanol–water partition coefficient (Wildman–Crippen LogP) is 4.72. The van der Waals surface area contributed by atoms with E-state index in [0.29, 0.717) is 15.8 Å². The molecule has 0 aliphatic rings. The molecule has 2 aromatic carbocycles. The highest BCUT2D eigenvalue weighted by Crippen LogP contribution is 2.29. The van der Waals surface area contributed by atoms with Crippen molar-refractivity contribution in [2.45, 2.75) is 6.92 Å². The van der Waals surface area contributed by atoms with Gasteiger partial charge in [0.05, 0.1) is 0 Å². The summed E-state index contributed by atoms with van der Waals surface area (Å²) in [4.78, 5) is 11.1. The fourth-order valence-corrected chi connectivity index (χ4v) is 1.90. The highest BCUT2D eigenvalue weighted by Gasteiger charge is 2.12. The topological polar surface area (TPSA) is 26.3 Å². The maximum atomic E-state index is 13.5. The van der Waals surface area contributed by atoms with Crippen molar-refractivity contribution in [1.82, 2.24) is 0 Å². The van der Waals surface area contributed by atoms with Crippen LogP contribution in [0.1, 0.15) is 17.3 Å². The van der Waals surface area contributed by atoms with Crippen LogP contribution in [0.2, 0.25) is 0 Å². The van der Waals surface area contributed by atoms with Crippen LogP contribution in [0.15, 0.2) is 40.9 Å². The van der Waals surface area contributed by atoms with Crippen LogP contribution in [-0.2, 0) is 0 Å². The van der Waals surface area contributed by atoms with Gasteiger partial charge >= 0.3 is 0 Å². The molecule has 0 aliphatic carbocycles. The minimum absolute atomic E-state index is 0.0776. The number of ketones is 1. The SMILES string of the molecule is CC(=O)c1ccc(Oc2cc(Br)cc(F)c2F)cc1. The van der Waals surface area contributed by atoms with E-state index in [4.69, 9.17) is 4.74 Å². The van der Waals surface area contributed by atoms with Gasteiger partial charge in [0, 0.05) is 10.0 Å². The lowest BCUT2D eigenvalue weighted by atomic mass is 10.1. The van der Waals surface area contributed by atoms with Gasteiger partial charge in [-0.25, -0.2) is 4.39 Å². The molecule has 0 N–H and O–H groups in total. The Hall–Kier alpha value is -1.75. The minimum Gasteiger partial charge on any atom is -0.454 e. The van der Waals surface area contributed by atoms with Crippen LogP contribution in [0, 0.1) is 11.6 Å². The maximum Gasteiger partial charge on any atom is 0.201 e. The average molecular weight is 327 g/mol. The Morgan fingerprint density at radius 2 is 1.79 bits per heavy atom. The van der Waals surface area contributed by atoms with Crippen molar-refractivity contribution >= 4 is 21.7 Å². The molecule has 98 valence electrons. The van der Waals surface area contributed by atoms with Gasteiger partial charge in [0.1, 0.15) is 5.75 Å². The van der Waals surface area contributed by atoms with Crippen LogP contribution in [0.4, 0.5) is 8.78 Å². The number of carbonyl (C=O) groups is 1. The first-order valence-corrected chi connectivity index (χ1v) is 6.20. The van der Waals surface area contributed by atoms with Crippen LogP contribution in [0.3, 0.4) is 0 Å². The first kappa shape index (κ1) is 13.7. The summed E-state index contributed by atoms with van der Waals surface area (Å²) in [5.41, 5.74) is 0.522. The van der Waals surface area contributed by atoms with Gasteiger partial charge in [-0.05, 0) is 43.3 Å². The Balaban J connectivity index is 2.28. The summed E-state index contributed by atoms with van der Waals surface area (Å²) < 4.78 is 32.3. The normalized spacial score (nSPS) is 10.3. The van der Waals surface area contributed by atoms with Crippen molar-refractivity contribution in [3.05, 3.63) is 58.1 Å². The minimum atomic E-state index is -1.06. The van der Waals surface area contributed by atoms with Crippen molar-refractivity contribution in [1.29, 1.82) is 0 Å². The molecule has 2 nitrogen and oxygen atoms in total. The molecule has 0 spiro atoms. The largest absolute Gasteiger partial charge is 0.454 e. The first-order chi connectivity index (χ1) is 8.97. The first-order valence-electron chi connectivity index (χ1n) is 5.41. The van der Waals surface area contributed by atoms with E-state index in [1.165, 1.54) is 25.1 Å². The van der Waals surface area contributed by atoms with E-state index < -0.39 is 11.6 Å². The van der Waals surface area contributed by atoms with E-state index in [0.717, 1.165) is 6.07 Å². The number of ether oxygens (including phenoxy) is 1. The second-order valence-corrected chi connectivity index (χ2v) is 4.80. The highest BCUT2D eigenvalue weighted by atomic mass is 79.9. The fraction of sp³-hybridized carbons (Fsp3) is 0.0714. The van der Waals surface area contributed by atoms with Gasteiger partial charge in [-0.2, -0.15) is 4.39 Å². The number of hydrogen-bond donors (Lipinski definition) is 0. The third-order valence-corrected chi connectivity index (χ3v) is 2.91. The summed E-state index contributed by atoms with van der Waals surface area (Å²) in [7, 11) is 0. The van der Waals surface area contributed by atoms with Crippen LogP contribution >= 0.6 is 15.9 Å². The number of halogens is 3. The third-order valence-electron chi connectivity index (χ3n) is 2.45. The van der Waals surface area contributed by atoms with Gasteiger partial charge in [0.15, 0.2) is 17.3 Å². The van der Waals surface area contributed by atoms with Gasteiger partial charge in [0.2, 0.25) is 5.82 Å². The summed E-state index contributed by atoms with van der Waals surface area (Å²) in [5.74, 6) is -2.03. The van der Waals surface area contributed by atoms with Gasteiger partial charge in [-0.3, -0.25) is 4.79 Å². The Kier molecular flexibility index (Phi) is 3.95. The van der Waals surface area contributed by atoms with E-state index in [9.17, 15) is 13.6 Å². The second kappa shape index (κ2) is 5.48. The third kappa shape index (κ3) is 3.17. The number of carbonyl (C=O) groups excluding carboxylic acids is 1. The molecule has 5 heteroatoms. The summed E-state index contributed by atoms with van der Waals surface area (Å²) in [6.07, 6.45) is 0. The molecule has 0 aliphatic heterocycles. The quantitative estimate of drug-likeness (QED) is 0.602. The van der Waals surface area contributed by atoms with Crippen molar-refractivity contribution in [2.75, 3.05) is 0 Å². The molecule has 2 rings (SSSR count). The van der Waals surface area contributed by atoms with E-state index >= 15 is 0 Å². The molecule has 0 amide bonds. The van der Waals surface area contributed by atoms with Gasteiger partial charge in [-0.15, -0.1) is 0 Å². The zero-order chi connectivity index (χ0) is 14.0. The molecule has 0 unspecified atom stereocenters. The molecule has 2 aromatic rings. The van der Waals surface area contributed by atoms with Gasteiger partial charge in [-0.1, -0.05) is 15.9 Å². The van der Waals surface area contributed by atoms with Crippen molar-refractivity contribution < 1.29 is 18.3 Å². The van der Waals surface area contributed by atoms with E-state index in [2.05, 4.69) is 15.9 Å². The standard InChI is InChI=1S/C14H9BrF2O2/c1-8(18)9-2-4-11(5-3-9)19-13-7-10(15)6-12(16)14(13)17/h2-7H,1H3. The monoisotopic (exact) mass is 326 g/mol. The molecule has 0 saturated carbocycles. The molecule has 0 fully saturated rings. The van der Waals surface area contributed by atoms with Gasteiger partial charge < -0.3 is 4.74 Å². The Morgan fingerprint density at radius 3 is 2.37 bits per heavy atom. The summed E-state index contributed by atoms with van der Waals surface area (Å²) in [5, 5.41) is 0. The second-order valence-electron chi connectivity index (χ2n) is 3.88. The Morgan fingerprint density at radius 1 is 1.16 bits per heavy atom. The molecular weight excluding hydrogens is 318 g/mol. The van der Waals surface area contributed by atoms with Crippen LogP contribution in [0.5, 0.6) is 11.5 Å². The van der Waals surface area contributed by atoms with Crippen molar-refractivity contribution in [2.24, 2.45) is 0 Å². The zero-order valence-corrected chi connectivity index (χ0v) is 11.5. The smallest absolute Gasteiger partial charge is 0.201 e. The summed E-state index contributed by atoms with van der Waals surface area (Å²) in [6.45, 7) is 1.44. The average Bonchev–Trinajstić information content (AvgIpc) is 2.36. The van der Waals surface area contributed by atoms with E-state index in [-0.39, 0.29) is 11.5 Å². The van der Waals surface area contributed by atoms with Crippen molar-refractivity contribution in [3.8, 4) is 11.5 Å². The molecule has 0 saturated heterocycles. The number of hydrogen-bond acceptors (Lipinski definition) is 2. The highest BCUT2D eigenvalue weighted by molar-refractivity contribution is 9.10. The molecular formula is C14H9BrF2O2. The lowest BCUT2D eigenvalue weighted by Gasteiger charge is -2.08. The number of benzene rings is 2.